The number of hydrogen-bond donors (Lipinski definition) is 2. The number of benzene rings is 1. The number of rotatable bonds is 5. The van der Waals surface area contributed by atoms with Gasteiger partial charge in [-0.3, -0.25) is 19.2 Å². The molecule has 11 heteroatoms. The lowest BCUT2D eigenvalue weighted by Gasteiger charge is -2.33. The van der Waals surface area contributed by atoms with Gasteiger partial charge in [0.25, 0.3) is 17.4 Å². The molecule has 2 aromatic rings. The first kappa shape index (κ1) is 24.7. The monoisotopic (exact) mass is 504 g/mol. The molecule has 35 heavy (non-hydrogen) atoms. The number of pyridine rings is 1. The van der Waals surface area contributed by atoms with Crippen molar-refractivity contribution in [1.82, 2.24) is 19.7 Å². The Bertz CT molecular complexity index is 1260. The number of aromatic nitrogens is 1. The van der Waals surface area contributed by atoms with Crippen LogP contribution in [0.3, 0.4) is 0 Å². The van der Waals surface area contributed by atoms with Crippen LogP contribution in [0.25, 0.3) is 0 Å². The first-order valence-corrected chi connectivity index (χ1v) is 11.8. The highest BCUT2D eigenvalue weighted by atomic mass is 35.5. The van der Waals surface area contributed by atoms with E-state index < -0.39 is 28.9 Å². The summed E-state index contributed by atoms with van der Waals surface area (Å²) in [7, 11) is 0. The van der Waals surface area contributed by atoms with Crippen LogP contribution in [0.1, 0.15) is 51.7 Å². The Morgan fingerprint density at radius 3 is 2.57 bits per heavy atom. The Kier molecular flexibility index (Phi) is 7.11. The molecule has 1 aromatic carbocycles. The van der Waals surface area contributed by atoms with E-state index in [4.69, 9.17) is 11.6 Å². The Labute approximate surface area is 206 Å². The van der Waals surface area contributed by atoms with Gasteiger partial charge in [-0.25, -0.2) is 4.39 Å². The maximum Gasteiger partial charge on any atom is 0.294 e. The zero-order valence-electron chi connectivity index (χ0n) is 19.3. The summed E-state index contributed by atoms with van der Waals surface area (Å²) < 4.78 is 14.8. The smallest absolute Gasteiger partial charge is 0.294 e. The lowest BCUT2D eigenvalue weighted by atomic mass is 9.94. The lowest BCUT2D eigenvalue weighted by Crippen LogP contribution is -2.46. The van der Waals surface area contributed by atoms with Crippen LogP contribution in [0, 0.1) is 5.82 Å². The average Bonchev–Trinajstić information content (AvgIpc) is 2.80. The molecule has 0 saturated heterocycles. The van der Waals surface area contributed by atoms with E-state index in [0.717, 1.165) is 0 Å². The molecule has 0 unspecified atom stereocenters. The Hall–Kier alpha value is -3.40. The van der Waals surface area contributed by atoms with Crippen molar-refractivity contribution in [1.29, 1.82) is 0 Å². The summed E-state index contributed by atoms with van der Waals surface area (Å²) in [5.41, 5.74) is 0.100. The minimum atomic E-state index is -0.782. The predicted molar refractivity (Wildman–Crippen MR) is 126 cm³/mol. The SMILES string of the molecule is CC(=O)NCCN1CCCCn2c(c3c(c(O)c2=O)C(=O)N(Cc2ccc(F)c(Cl)c2)CC3)C1=O. The van der Waals surface area contributed by atoms with Crippen LogP contribution in [-0.2, 0) is 24.3 Å². The highest BCUT2D eigenvalue weighted by Gasteiger charge is 2.36. The molecule has 2 aliphatic rings. The van der Waals surface area contributed by atoms with Crippen LogP contribution >= 0.6 is 11.6 Å². The number of aromatic hydroxyl groups is 1. The van der Waals surface area contributed by atoms with E-state index in [-0.39, 0.29) is 61.3 Å². The maximum absolute atomic E-state index is 13.5. The van der Waals surface area contributed by atoms with Gasteiger partial charge in [0.2, 0.25) is 5.91 Å². The summed E-state index contributed by atoms with van der Waals surface area (Å²) in [6.45, 7) is 2.96. The topological polar surface area (TPSA) is 112 Å². The van der Waals surface area contributed by atoms with E-state index in [1.165, 1.54) is 34.6 Å². The maximum atomic E-state index is 13.5. The molecule has 0 aliphatic carbocycles. The largest absolute Gasteiger partial charge is 0.502 e. The minimum Gasteiger partial charge on any atom is -0.502 e. The third-order valence-electron chi connectivity index (χ3n) is 6.34. The molecule has 3 heterocycles. The van der Waals surface area contributed by atoms with Crippen molar-refractivity contribution in [3.8, 4) is 5.75 Å². The van der Waals surface area contributed by atoms with Gasteiger partial charge in [-0.05, 0) is 37.0 Å². The molecule has 0 fully saturated rings. The molecule has 0 spiro atoms. The number of halogens is 2. The number of carbonyl (C=O) groups excluding carboxylic acids is 3. The lowest BCUT2D eigenvalue weighted by molar-refractivity contribution is -0.119. The van der Waals surface area contributed by atoms with E-state index in [0.29, 0.717) is 30.5 Å². The third-order valence-corrected chi connectivity index (χ3v) is 6.63. The Morgan fingerprint density at radius 2 is 1.86 bits per heavy atom. The van der Waals surface area contributed by atoms with Crippen molar-refractivity contribution in [3.05, 3.63) is 61.8 Å². The van der Waals surface area contributed by atoms with Crippen molar-refractivity contribution in [2.75, 3.05) is 26.2 Å². The molecule has 3 amide bonds. The summed E-state index contributed by atoms with van der Waals surface area (Å²) in [5, 5.41) is 13.3. The Morgan fingerprint density at radius 1 is 1.11 bits per heavy atom. The van der Waals surface area contributed by atoms with Crippen LogP contribution in [0.5, 0.6) is 5.75 Å². The number of hydrogen-bond acceptors (Lipinski definition) is 5. The summed E-state index contributed by atoms with van der Waals surface area (Å²) in [6.07, 6.45) is 1.52. The zero-order valence-corrected chi connectivity index (χ0v) is 20.0. The molecule has 2 aliphatic heterocycles. The number of carbonyl (C=O) groups is 3. The summed E-state index contributed by atoms with van der Waals surface area (Å²) in [6, 6.07) is 4.14. The van der Waals surface area contributed by atoms with Gasteiger partial charge in [0.1, 0.15) is 11.5 Å². The normalized spacial score (nSPS) is 15.9. The summed E-state index contributed by atoms with van der Waals surface area (Å²) in [5.74, 6) is -2.44. The van der Waals surface area contributed by atoms with Crippen LogP contribution in [0.15, 0.2) is 23.0 Å². The van der Waals surface area contributed by atoms with Crippen molar-refractivity contribution < 1.29 is 23.9 Å². The predicted octanol–water partition coefficient (Wildman–Crippen LogP) is 1.92. The first-order chi connectivity index (χ1) is 16.7. The summed E-state index contributed by atoms with van der Waals surface area (Å²) >= 11 is 5.86. The molecular formula is C24H26ClFN4O5. The van der Waals surface area contributed by atoms with E-state index in [2.05, 4.69) is 5.32 Å². The second-order valence-electron chi connectivity index (χ2n) is 8.71. The van der Waals surface area contributed by atoms with Crippen molar-refractivity contribution in [2.45, 2.75) is 39.3 Å². The second-order valence-corrected chi connectivity index (χ2v) is 9.12. The molecule has 0 bridgehead atoms. The quantitative estimate of drug-likeness (QED) is 0.646. The molecule has 0 atom stereocenters. The third kappa shape index (κ3) is 4.88. The van der Waals surface area contributed by atoms with Gasteiger partial charge in [-0.15, -0.1) is 0 Å². The molecule has 186 valence electrons. The molecule has 2 N–H and O–H groups in total. The fourth-order valence-corrected chi connectivity index (χ4v) is 4.82. The molecule has 1 aromatic heterocycles. The van der Waals surface area contributed by atoms with Gasteiger partial charge in [0.15, 0.2) is 5.75 Å². The van der Waals surface area contributed by atoms with Crippen molar-refractivity contribution >= 4 is 29.3 Å². The highest BCUT2D eigenvalue weighted by Crippen LogP contribution is 2.30. The highest BCUT2D eigenvalue weighted by molar-refractivity contribution is 6.30. The Balaban J connectivity index is 1.71. The molecule has 0 radical (unpaired) electrons. The van der Waals surface area contributed by atoms with E-state index in [1.807, 2.05) is 0 Å². The van der Waals surface area contributed by atoms with Gasteiger partial charge >= 0.3 is 0 Å². The fraction of sp³-hybridized carbons (Fsp3) is 0.417. The van der Waals surface area contributed by atoms with Crippen LogP contribution < -0.4 is 10.9 Å². The average molecular weight is 505 g/mol. The summed E-state index contributed by atoms with van der Waals surface area (Å²) in [4.78, 5) is 54.2. The second kappa shape index (κ2) is 10.1. The van der Waals surface area contributed by atoms with Crippen LogP contribution in [-0.4, -0.2) is 63.4 Å². The number of fused-ring (bicyclic) bond motifs is 3. The molecule has 9 nitrogen and oxygen atoms in total. The van der Waals surface area contributed by atoms with Gasteiger partial charge in [-0.2, -0.15) is 0 Å². The van der Waals surface area contributed by atoms with Crippen molar-refractivity contribution in [3.63, 3.8) is 0 Å². The van der Waals surface area contributed by atoms with Gasteiger partial charge in [0.05, 0.1) is 10.6 Å². The van der Waals surface area contributed by atoms with E-state index in [9.17, 15) is 28.7 Å². The molecule has 0 saturated carbocycles. The van der Waals surface area contributed by atoms with E-state index >= 15 is 0 Å². The molecular weight excluding hydrogens is 479 g/mol. The van der Waals surface area contributed by atoms with Gasteiger partial charge < -0.3 is 24.8 Å². The van der Waals surface area contributed by atoms with Gasteiger partial charge in [0, 0.05) is 51.8 Å². The number of amides is 3. The van der Waals surface area contributed by atoms with Crippen LogP contribution in [0.4, 0.5) is 4.39 Å². The number of nitrogens with one attached hydrogen (secondary N) is 1. The molecule has 4 rings (SSSR count). The first-order valence-electron chi connectivity index (χ1n) is 11.4. The van der Waals surface area contributed by atoms with Gasteiger partial charge in [-0.1, -0.05) is 17.7 Å². The standard InChI is InChI=1S/C24H26ClFN4O5/c1-14(31)27-7-11-28-8-2-3-9-30-20(23(28)34)16-6-10-29(22(33)19(16)21(32)24(30)35)13-15-4-5-18(26)17(25)12-15/h4-5,12,32H,2-3,6-11,13H2,1H3,(H,27,31). The zero-order chi connectivity index (χ0) is 25.3. The van der Waals surface area contributed by atoms with Crippen molar-refractivity contribution in [2.24, 2.45) is 0 Å². The fourth-order valence-electron chi connectivity index (χ4n) is 4.61. The number of nitrogens with zero attached hydrogens (tertiary/aromatic N) is 3. The minimum absolute atomic E-state index is 0.0696. The van der Waals surface area contributed by atoms with Crippen LogP contribution in [0.2, 0.25) is 5.02 Å². The van der Waals surface area contributed by atoms with E-state index in [1.54, 1.807) is 4.90 Å².